The summed E-state index contributed by atoms with van der Waals surface area (Å²) in [5.41, 5.74) is 0.594. The predicted molar refractivity (Wildman–Crippen MR) is 314 cm³/mol. The lowest BCUT2D eigenvalue weighted by Gasteiger charge is -2.36. The molecule has 4 fully saturated rings. The fraction of sp³-hybridized carbons (Fsp3) is 0.733. The average molecular weight is 1190 g/mol. The first-order valence-corrected chi connectivity index (χ1v) is 33.0. The number of aliphatic hydroxyl groups excluding tert-OH is 2. The number of thiazole rings is 2. The van der Waals surface area contributed by atoms with Gasteiger partial charge in [-0.05, 0) is 108 Å². The molecule has 2 N–H and O–H groups in total. The zero-order chi connectivity index (χ0) is 58.6. The van der Waals surface area contributed by atoms with Crippen LogP contribution in [0.25, 0.3) is 12.2 Å². The molecule has 4 aliphatic rings. The van der Waals surface area contributed by atoms with Gasteiger partial charge in [-0.25, -0.2) is 9.97 Å². The second kappa shape index (κ2) is 29.8. The van der Waals surface area contributed by atoms with E-state index in [4.69, 9.17) is 28.4 Å². The fourth-order valence-electron chi connectivity index (χ4n) is 11.1. The third-order valence-corrected chi connectivity index (χ3v) is 20.7. The van der Waals surface area contributed by atoms with Gasteiger partial charge in [-0.1, -0.05) is 83.4 Å². The summed E-state index contributed by atoms with van der Waals surface area (Å²) in [7, 11) is 3.22. The maximum absolute atomic E-state index is 14.2. The van der Waals surface area contributed by atoms with Crippen LogP contribution >= 0.6 is 44.3 Å². The van der Waals surface area contributed by atoms with E-state index in [0.29, 0.717) is 62.9 Å². The molecule has 6 heterocycles. The molecule has 80 heavy (non-hydrogen) atoms. The SMILES string of the molecule is C/C(=C\c1csc(C)n1)[C@@H]1C[C@@H]2OC2CC[C@@H](OC(=O)CCCSSCCCC(=O)O[C@@H]2[C@@H](C)CCCC3O[C@H]3C[C@@H](/C(C)=C/c3csc(C)n3)OC(=O)C[C@H](O)C(C)(C)C(=O)[C@@H]2C)[C@H](C)C[C@@H](C)C(=O)C(C)(C)[C@@H](O)CC(=O)O1. The molecule has 0 bridgehead atoms. The first kappa shape index (κ1) is 65.7. The highest BCUT2D eigenvalue weighted by Gasteiger charge is 2.47. The van der Waals surface area contributed by atoms with Crippen molar-refractivity contribution in [1.82, 2.24) is 9.97 Å². The lowest BCUT2D eigenvalue weighted by atomic mass is 9.73. The molecule has 2 aromatic heterocycles. The number of fused-ring (bicyclic) bond motifs is 2. The van der Waals surface area contributed by atoms with Crippen LogP contribution in [0, 0.1) is 48.3 Å². The van der Waals surface area contributed by atoms with Gasteiger partial charge in [-0.15, -0.1) is 22.7 Å². The largest absolute Gasteiger partial charge is 0.462 e. The molecule has 0 aliphatic carbocycles. The maximum Gasteiger partial charge on any atom is 0.309 e. The number of carbonyl (C=O) groups excluding carboxylic acids is 6. The Hall–Kier alpha value is -3.50. The Morgan fingerprint density at radius 3 is 1.62 bits per heavy atom. The molecule has 14 atom stereocenters. The number of aliphatic hydroxyl groups is 2. The van der Waals surface area contributed by atoms with E-state index in [1.807, 2.05) is 71.4 Å². The number of ketones is 2. The number of hydrogen-bond donors (Lipinski definition) is 2. The number of nitrogens with zero attached hydrogens (tertiary/aromatic N) is 2. The number of cyclic esters (lactones) is 2. The number of Topliss-reactive ketones (excluding diaryl/α,β-unsaturated/α-hetero) is 2. The van der Waals surface area contributed by atoms with Gasteiger partial charge in [0.25, 0.3) is 0 Å². The summed E-state index contributed by atoms with van der Waals surface area (Å²) in [5, 5.41) is 28.4. The van der Waals surface area contributed by atoms with Gasteiger partial charge in [0.1, 0.15) is 36.0 Å². The topological polar surface area (TPSA) is 231 Å². The molecule has 6 rings (SSSR count). The zero-order valence-corrected chi connectivity index (χ0v) is 52.3. The summed E-state index contributed by atoms with van der Waals surface area (Å²) in [6, 6.07) is 0. The molecule has 20 heteroatoms. The molecular weight excluding hydrogens is 1100 g/mol. The summed E-state index contributed by atoms with van der Waals surface area (Å²) in [4.78, 5) is 90.8. The molecule has 0 aromatic carbocycles. The van der Waals surface area contributed by atoms with Gasteiger partial charge < -0.3 is 38.6 Å². The second-order valence-corrected chi connectivity index (χ2v) is 28.9. The van der Waals surface area contributed by atoms with Crippen LogP contribution in [0.3, 0.4) is 0 Å². The van der Waals surface area contributed by atoms with Crippen molar-refractivity contribution in [3.8, 4) is 0 Å². The average Bonchev–Trinajstić information content (AvgIpc) is 4.25. The zero-order valence-electron chi connectivity index (χ0n) is 49.0. The molecular formula is C60H88N2O14S4. The minimum Gasteiger partial charge on any atom is -0.462 e. The number of hydrogen-bond acceptors (Lipinski definition) is 20. The van der Waals surface area contributed by atoms with Gasteiger partial charge in [0.2, 0.25) is 0 Å². The molecule has 0 saturated carbocycles. The highest BCUT2D eigenvalue weighted by Crippen LogP contribution is 2.40. The molecule has 446 valence electrons. The van der Waals surface area contributed by atoms with Crippen LogP contribution < -0.4 is 0 Å². The summed E-state index contributed by atoms with van der Waals surface area (Å²) in [5.74, 6) is -2.63. The van der Waals surface area contributed by atoms with E-state index in [2.05, 4.69) is 9.97 Å². The molecule has 0 radical (unpaired) electrons. The Kier molecular flexibility index (Phi) is 24.5. The highest BCUT2D eigenvalue weighted by atomic mass is 33.1. The number of epoxide rings is 2. The van der Waals surface area contributed by atoms with Crippen molar-refractivity contribution in [2.45, 2.75) is 234 Å². The Morgan fingerprint density at radius 2 is 1.14 bits per heavy atom. The minimum absolute atomic E-state index is 0.00149. The van der Waals surface area contributed by atoms with Crippen LogP contribution in [0.2, 0.25) is 0 Å². The lowest BCUT2D eigenvalue weighted by Crippen LogP contribution is -2.47. The molecule has 0 amide bonds. The summed E-state index contributed by atoms with van der Waals surface area (Å²) in [6.45, 7) is 21.7. The molecule has 2 unspecified atom stereocenters. The highest BCUT2D eigenvalue weighted by molar-refractivity contribution is 8.76. The summed E-state index contributed by atoms with van der Waals surface area (Å²) >= 11 is 3.06. The molecule has 0 spiro atoms. The van der Waals surface area contributed by atoms with Crippen LogP contribution in [0.5, 0.6) is 0 Å². The maximum atomic E-state index is 14.2. The van der Waals surface area contributed by atoms with Gasteiger partial charge in [0, 0.05) is 53.9 Å². The standard InChI is InChI=1S/C60H88N2O14S4/c1-33-16-13-17-44-48(71-44)27-46(35(3)25-41-31-77-39(7)61-41)74-55(68)30-51(64)60(11,12)58(70)38(6)56(33)76-53(66)19-15-23-80-79-22-14-18-52(65)73-43-20-21-45-49(72-45)28-47(36(4)26-42-32-78-40(8)62-42)75-54(67)29-50(63)59(9,10)57(69)37(5)24-34(43)2/h25-26,31-34,37-38,43-51,56,63-64H,13-24,27-30H2,1-12H3/b35-25+,36-26+/t33-,34+,37+,38+,43+,44?,45?,46-,47-,48-,49-,50-,51-,56+/m0/s1. The van der Waals surface area contributed by atoms with E-state index in [0.717, 1.165) is 45.4 Å². The smallest absolute Gasteiger partial charge is 0.309 e. The monoisotopic (exact) mass is 1190 g/mol. The first-order chi connectivity index (χ1) is 37.7. The van der Waals surface area contributed by atoms with Crippen LogP contribution in [-0.2, 0) is 57.2 Å². The molecule has 4 saturated heterocycles. The number of rotatable bonds is 15. The van der Waals surface area contributed by atoms with Crippen LogP contribution in [-0.4, -0.2) is 128 Å². The second-order valence-electron chi connectivity index (χ2n) is 24.0. The molecule has 16 nitrogen and oxygen atoms in total. The van der Waals surface area contributed by atoms with E-state index in [9.17, 15) is 39.0 Å². The number of esters is 4. The van der Waals surface area contributed by atoms with Gasteiger partial charge >= 0.3 is 23.9 Å². The van der Waals surface area contributed by atoms with Crippen molar-refractivity contribution in [2.24, 2.45) is 34.5 Å². The van der Waals surface area contributed by atoms with Gasteiger partial charge in [0.15, 0.2) is 0 Å². The number of aromatic nitrogens is 2. The van der Waals surface area contributed by atoms with Gasteiger partial charge in [0.05, 0.1) is 87.6 Å². The lowest BCUT2D eigenvalue weighted by molar-refractivity contribution is -0.161. The van der Waals surface area contributed by atoms with Gasteiger partial charge in [-0.2, -0.15) is 0 Å². The Morgan fingerprint density at radius 1 is 0.662 bits per heavy atom. The van der Waals surface area contributed by atoms with Crippen molar-refractivity contribution in [3.05, 3.63) is 43.3 Å². The third kappa shape index (κ3) is 19.3. The van der Waals surface area contributed by atoms with E-state index < -0.39 is 77.2 Å². The van der Waals surface area contributed by atoms with E-state index in [1.54, 1.807) is 56.2 Å². The first-order valence-electron chi connectivity index (χ1n) is 28.7. The van der Waals surface area contributed by atoms with E-state index >= 15 is 0 Å². The molecule has 2 aromatic rings. The Balaban J connectivity index is 0.960. The van der Waals surface area contributed by atoms with Crippen LogP contribution in [0.4, 0.5) is 0 Å². The predicted octanol–water partition coefficient (Wildman–Crippen LogP) is 11.2. The third-order valence-electron chi connectivity index (χ3n) is 16.5. The Bertz CT molecular complexity index is 2500. The minimum atomic E-state index is -1.34. The van der Waals surface area contributed by atoms with Crippen molar-refractivity contribution in [2.75, 3.05) is 11.5 Å². The summed E-state index contributed by atoms with van der Waals surface area (Å²) < 4.78 is 36.4. The quantitative estimate of drug-likeness (QED) is 0.0555. The number of carbonyl (C=O) groups is 6. The van der Waals surface area contributed by atoms with Crippen LogP contribution in [0.15, 0.2) is 21.9 Å². The van der Waals surface area contributed by atoms with Crippen molar-refractivity contribution < 1.29 is 67.4 Å². The van der Waals surface area contributed by atoms with Crippen molar-refractivity contribution in [1.29, 1.82) is 0 Å². The number of aryl methyl sites for hydroxylation is 2. The van der Waals surface area contributed by atoms with Crippen molar-refractivity contribution in [3.63, 3.8) is 0 Å². The van der Waals surface area contributed by atoms with E-state index in [-0.39, 0.29) is 79.5 Å². The summed E-state index contributed by atoms with van der Waals surface area (Å²) in [6.07, 6.45) is 3.91. The number of ether oxygens (including phenoxy) is 6. The van der Waals surface area contributed by atoms with Crippen molar-refractivity contribution >= 4 is 91.9 Å². The molecule has 4 aliphatic heterocycles. The van der Waals surface area contributed by atoms with Crippen LogP contribution in [0.1, 0.15) is 181 Å². The van der Waals surface area contributed by atoms with E-state index in [1.165, 1.54) is 22.7 Å². The fourth-order valence-corrected chi connectivity index (χ4v) is 14.4. The van der Waals surface area contributed by atoms with Gasteiger partial charge in [-0.3, -0.25) is 28.8 Å². The normalized spacial score (nSPS) is 32.4. The Labute approximate surface area is 489 Å².